The first-order valence-corrected chi connectivity index (χ1v) is 11.1. The van der Waals surface area contributed by atoms with E-state index in [9.17, 15) is 4.79 Å². The molecule has 4 rings (SSSR count). The maximum absolute atomic E-state index is 11.0. The van der Waals surface area contributed by atoms with Gasteiger partial charge in [-0.15, -0.1) is 0 Å². The Kier molecular flexibility index (Phi) is 6.69. The third-order valence-corrected chi connectivity index (χ3v) is 5.96. The Bertz CT molecular complexity index is 1190. The predicted molar refractivity (Wildman–Crippen MR) is 130 cm³/mol. The van der Waals surface area contributed by atoms with Crippen molar-refractivity contribution in [3.63, 3.8) is 0 Å². The van der Waals surface area contributed by atoms with Crippen molar-refractivity contribution < 1.29 is 14.6 Å². The number of hydrogen-bond donors (Lipinski definition) is 1. The van der Waals surface area contributed by atoms with Crippen LogP contribution in [0.4, 0.5) is 0 Å². The van der Waals surface area contributed by atoms with E-state index in [0.29, 0.717) is 16.7 Å². The zero-order valence-electron chi connectivity index (χ0n) is 17.4. The first kappa shape index (κ1) is 22.2. The summed E-state index contributed by atoms with van der Waals surface area (Å²) in [4.78, 5) is 11.0. The lowest BCUT2D eigenvalue weighted by Crippen LogP contribution is -1.99. The monoisotopic (exact) mass is 464 g/mol. The zero-order valence-corrected chi connectivity index (χ0v) is 18.9. The Morgan fingerprint density at radius 1 is 1.00 bits per heavy atom. The number of benzene rings is 3. The van der Waals surface area contributed by atoms with E-state index >= 15 is 0 Å². The Morgan fingerprint density at radius 2 is 1.72 bits per heavy atom. The van der Waals surface area contributed by atoms with Gasteiger partial charge in [0, 0.05) is 10.0 Å². The van der Waals surface area contributed by atoms with Gasteiger partial charge in [-0.05, 0) is 95.1 Å². The van der Waals surface area contributed by atoms with E-state index in [4.69, 9.17) is 33.0 Å². The zero-order chi connectivity index (χ0) is 22.7. The minimum Gasteiger partial charge on any atom is -0.489 e. The summed E-state index contributed by atoms with van der Waals surface area (Å²) in [5.74, 6) is -0.148. The molecular formula is C27H22Cl2O3. The van der Waals surface area contributed by atoms with Gasteiger partial charge in [-0.2, -0.15) is 0 Å². The average Bonchev–Trinajstić information content (AvgIpc) is 3.07. The minimum atomic E-state index is -0.934. The molecule has 0 heterocycles. The molecule has 0 saturated heterocycles. The molecule has 0 amide bonds. The third kappa shape index (κ3) is 5.24. The normalized spacial score (nSPS) is 13.9. The van der Waals surface area contributed by atoms with Gasteiger partial charge in [0.1, 0.15) is 12.4 Å². The Morgan fingerprint density at radius 3 is 2.41 bits per heavy atom. The topological polar surface area (TPSA) is 46.5 Å². The summed E-state index contributed by atoms with van der Waals surface area (Å²) < 4.78 is 5.93. The number of carbonyl (C=O) groups is 1. The molecule has 32 heavy (non-hydrogen) atoms. The first-order chi connectivity index (χ1) is 15.4. The van der Waals surface area contributed by atoms with Gasteiger partial charge in [0.2, 0.25) is 0 Å². The van der Waals surface area contributed by atoms with Crippen LogP contribution in [0.15, 0.2) is 78.9 Å². The van der Waals surface area contributed by atoms with Crippen LogP contribution in [0.25, 0.3) is 5.57 Å². The number of ether oxygens (including phenoxy) is 1. The number of aryl methyl sites for hydroxylation is 1. The van der Waals surface area contributed by atoms with Crippen molar-refractivity contribution in [1.82, 2.24) is 0 Å². The van der Waals surface area contributed by atoms with Gasteiger partial charge in [0.15, 0.2) is 0 Å². The van der Waals surface area contributed by atoms with Crippen molar-refractivity contribution in [3.05, 3.63) is 117 Å². The van der Waals surface area contributed by atoms with Crippen LogP contribution >= 0.6 is 23.2 Å². The largest absolute Gasteiger partial charge is 0.489 e. The molecule has 3 aromatic rings. The second-order valence-corrected chi connectivity index (χ2v) is 8.68. The number of allylic oxidation sites excluding steroid dienone is 3. The highest BCUT2D eigenvalue weighted by Crippen LogP contribution is 2.37. The molecule has 0 unspecified atom stereocenters. The minimum absolute atomic E-state index is 0.266. The molecule has 0 aromatic heterocycles. The van der Waals surface area contributed by atoms with Crippen molar-refractivity contribution in [1.29, 1.82) is 0 Å². The summed E-state index contributed by atoms with van der Waals surface area (Å²) in [5.41, 5.74) is 6.94. The second-order valence-electron chi connectivity index (χ2n) is 7.81. The maximum atomic E-state index is 11.0. The lowest BCUT2D eigenvalue weighted by Gasteiger charge is -2.08. The highest BCUT2D eigenvalue weighted by atomic mass is 35.5. The van der Waals surface area contributed by atoms with Gasteiger partial charge in [0.05, 0.1) is 5.56 Å². The van der Waals surface area contributed by atoms with Gasteiger partial charge in [-0.3, -0.25) is 0 Å². The van der Waals surface area contributed by atoms with E-state index in [-0.39, 0.29) is 5.56 Å². The molecule has 0 bridgehead atoms. The van der Waals surface area contributed by atoms with Crippen LogP contribution in [-0.4, -0.2) is 11.1 Å². The predicted octanol–water partition coefficient (Wildman–Crippen LogP) is 7.40. The molecule has 1 N–H and O–H groups in total. The summed E-state index contributed by atoms with van der Waals surface area (Å²) in [6, 6.07) is 18.4. The van der Waals surface area contributed by atoms with Crippen molar-refractivity contribution in [3.8, 4) is 5.75 Å². The van der Waals surface area contributed by atoms with Crippen LogP contribution in [0.5, 0.6) is 5.75 Å². The summed E-state index contributed by atoms with van der Waals surface area (Å²) in [6.07, 6.45) is 4.81. The fraction of sp³-hybridized carbons (Fsp3) is 0.148. The van der Waals surface area contributed by atoms with Crippen molar-refractivity contribution in [2.45, 2.75) is 25.9 Å². The molecule has 3 nitrogen and oxygen atoms in total. The molecule has 0 atom stereocenters. The lowest BCUT2D eigenvalue weighted by molar-refractivity contribution is 0.0697. The summed E-state index contributed by atoms with van der Waals surface area (Å²) in [6.45, 7) is 4.66. The van der Waals surface area contributed by atoms with Crippen LogP contribution in [-0.2, 0) is 19.4 Å². The molecular weight excluding hydrogens is 443 g/mol. The van der Waals surface area contributed by atoms with E-state index in [2.05, 4.69) is 24.8 Å². The first-order valence-electron chi connectivity index (χ1n) is 10.3. The fourth-order valence-corrected chi connectivity index (χ4v) is 4.43. The third-order valence-electron chi connectivity index (χ3n) is 5.52. The molecule has 0 saturated carbocycles. The Hall–Kier alpha value is -3.01. The second kappa shape index (κ2) is 9.64. The number of carboxylic acid groups (broad SMARTS) is 1. The molecule has 5 heteroatoms. The molecule has 0 aliphatic heterocycles. The average molecular weight is 465 g/mol. The number of fused-ring (bicyclic) bond motifs is 1. The van der Waals surface area contributed by atoms with Gasteiger partial charge >= 0.3 is 5.97 Å². The van der Waals surface area contributed by atoms with Crippen LogP contribution in [0.1, 0.15) is 39.0 Å². The van der Waals surface area contributed by atoms with Crippen LogP contribution in [0, 0.1) is 0 Å². The van der Waals surface area contributed by atoms with E-state index in [1.54, 1.807) is 30.3 Å². The summed E-state index contributed by atoms with van der Waals surface area (Å²) in [5, 5.41) is 10.3. The van der Waals surface area contributed by atoms with E-state index in [1.807, 2.05) is 18.2 Å². The SMILES string of the molecule is C=C1/C(=C/CCc2cc(Cl)cc(Cl)c2)Cc2cc(OCc3ccc(C(=O)O)cc3)ccc21. The van der Waals surface area contributed by atoms with Crippen LogP contribution in [0.3, 0.4) is 0 Å². The van der Waals surface area contributed by atoms with Crippen molar-refractivity contribution in [2.24, 2.45) is 0 Å². The van der Waals surface area contributed by atoms with Crippen molar-refractivity contribution in [2.75, 3.05) is 0 Å². The summed E-state index contributed by atoms with van der Waals surface area (Å²) >= 11 is 12.2. The smallest absolute Gasteiger partial charge is 0.335 e. The number of aromatic carboxylic acids is 1. The highest BCUT2D eigenvalue weighted by molar-refractivity contribution is 6.34. The highest BCUT2D eigenvalue weighted by Gasteiger charge is 2.20. The molecule has 0 spiro atoms. The molecule has 1 aliphatic rings. The number of halogens is 2. The quantitative estimate of drug-likeness (QED) is 0.396. The van der Waals surface area contributed by atoms with Gasteiger partial charge in [-0.1, -0.05) is 54.1 Å². The van der Waals surface area contributed by atoms with Gasteiger partial charge < -0.3 is 9.84 Å². The standard InChI is InChI=1S/C27H22Cl2O3/c1-17-21(4-2-3-19-11-23(28)15-24(29)12-19)13-22-14-25(9-10-26(17)22)32-16-18-5-7-20(8-6-18)27(30)31/h4-12,14-15H,1-3,13,16H2,(H,30,31)/b21-4+. The molecule has 1 aliphatic carbocycles. The van der Waals surface area contributed by atoms with E-state index in [1.165, 1.54) is 11.1 Å². The van der Waals surface area contributed by atoms with E-state index in [0.717, 1.165) is 47.3 Å². The van der Waals surface area contributed by atoms with Crippen LogP contribution < -0.4 is 4.74 Å². The number of carboxylic acids is 1. The van der Waals surface area contributed by atoms with Crippen LogP contribution in [0.2, 0.25) is 10.0 Å². The molecule has 0 fully saturated rings. The van der Waals surface area contributed by atoms with Gasteiger partial charge in [-0.25, -0.2) is 4.79 Å². The maximum Gasteiger partial charge on any atom is 0.335 e. The Labute approximate surface area is 197 Å². The molecule has 162 valence electrons. The van der Waals surface area contributed by atoms with Gasteiger partial charge in [0.25, 0.3) is 0 Å². The fourth-order valence-electron chi connectivity index (χ4n) is 3.86. The number of rotatable bonds is 7. The molecule has 0 radical (unpaired) electrons. The Balaban J connectivity index is 1.38. The van der Waals surface area contributed by atoms with Crippen molar-refractivity contribution >= 4 is 34.7 Å². The summed E-state index contributed by atoms with van der Waals surface area (Å²) in [7, 11) is 0. The lowest BCUT2D eigenvalue weighted by atomic mass is 10.0. The molecule has 3 aromatic carbocycles. The number of hydrogen-bond acceptors (Lipinski definition) is 2. The van der Waals surface area contributed by atoms with E-state index < -0.39 is 5.97 Å².